The van der Waals surface area contributed by atoms with Gasteiger partial charge in [-0.25, -0.2) is 4.79 Å². The first-order valence-corrected chi connectivity index (χ1v) is 10.4. The minimum Gasteiger partial charge on any atom is -0.444 e. The number of carbonyl (C=O) groups is 1. The zero-order valence-corrected chi connectivity index (χ0v) is 17.9. The Morgan fingerprint density at radius 2 is 2.14 bits per heavy atom. The molecule has 0 aromatic heterocycles. The van der Waals surface area contributed by atoms with Crippen LogP contribution in [0.1, 0.15) is 52.9 Å². The summed E-state index contributed by atoms with van der Waals surface area (Å²) in [6.07, 6.45) is 4.47. The van der Waals surface area contributed by atoms with Crippen molar-refractivity contribution in [2.45, 2.75) is 64.5 Å². The standard InChI is InChI=1S/C20H38N4O4/c1-19(2,3)28-18(26)24-10-6-5-7-16(24)13-22-17(21-4)23-14-20(8-11-25)9-12-27-15-20/h16,25H,5-15H2,1-4H3,(H2,21,22,23). The van der Waals surface area contributed by atoms with E-state index in [9.17, 15) is 9.90 Å². The Morgan fingerprint density at radius 3 is 2.75 bits per heavy atom. The van der Waals surface area contributed by atoms with Crippen LogP contribution in [-0.4, -0.2) is 80.2 Å². The van der Waals surface area contributed by atoms with Crippen molar-refractivity contribution in [1.82, 2.24) is 15.5 Å². The van der Waals surface area contributed by atoms with Crippen LogP contribution in [-0.2, 0) is 9.47 Å². The van der Waals surface area contributed by atoms with Gasteiger partial charge in [-0.05, 0) is 52.9 Å². The number of likely N-dealkylation sites (tertiary alicyclic amines) is 1. The second-order valence-electron chi connectivity index (χ2n) is 8.91. The number of carbonyl (C=O) groups excluding carboxylic acids is 1. The fourth-order valence-corrected chi connectivity index (χ4v) is 3.79. The van der Waals surface area contributed by atoms with Crippen molar-refractivity contribution >= 4 is 12.1 Å². The van der Waals surface area contributed by atoms with Gasteiger partial charge in [-0.3, -0.25) is 4.99 Å². The van der Waals surface area contributed by atoms with Crippen molar-refractivity contribution < 1.29 is 19.4 Å². The smallest absolute Gasteiger partial charge is 0.410 e. The zero-order chi connectivity index (χ0) is 20.6. The highest BCUT2D eigenvalue weighted by molar-refractivity contribution is 5.79. The topological polar surface area (TPSA) is 95.4 Å². The van der Waals surface area contributed by atoms with Gasteiger partial charge >= 0.3 is 6.09 Å². The van der Waals surface area contributed by atoms with E-state index in [1.807, 2.05) is 25.7 Å². The van der Waals surface area contributed by atoms with Crippen LogP contribution in [0.25, 0.3) is 0 Å². The Balaban J connectivity index is 1.87. The number of amides is 1. The third-order valence-electron chi connectivity index (χ3n) is 5.44. The molecular weight excluding hydrogens is 360 g/mol. The maximum absolute atomic E-state index is 12.5. The van der Waals surface area contributed by atoms with E-state index in [2.05, 4.69) is 15.6 Å². The Hall–Kier alpha value is -1.54. The van der Waals surface area contributed by atoms with Gasteiger partial charge in [0.05, 0.1) is 12.6 Å². The SMILES string of the molecule is CN=C(NCC1CCCCN1C(=O)OC(C)(C)C)NCC1(CCO)CCOC1. The lowest BCUT2D eigenvalue weighted by molar-refractivity contribution is 0.0104. The van der Waals surface area contributed by atoms with Crippen LogP contribution in [0.15, 0.2) is 4.99 Å². The Morgan fingerprint density at radius 1 is 1.36 bits per heavy atom. The minimum atomic E-state index is -0.492. The quantitative estimate of drug-likeness (QED) is 0.466. The molecule has 0 aromatic rings. The third kappa shape index (κ3) is 6.81. The predicted octanol–water partition coefficient (Wildman–Crippen LogP) is 1.73. The molecule has 1 amide bonds. The van der Waals surface area contributed by atoms with Crippen LogP contribution in [0.5, 0.6) is 0 Å². The van der Waals surface area contributed by atoms with Crippen LogP contribution in [0, 0.1) is 5.41 Å². The van der Waals surface area contributed by atoms with E-state index in [1.165, 1.54) is 0 Å². The molecule has 2 aliphatic rings. The molecule has 28 heavy (non-hydrogen) atoms. The summed E-state index contributed by atoms with van der Waals surface area (Å²) in [5.74, 6) is 0.707. The van der Waals surface area contributed by atoms with Crippen molar-refractivity contribution in [3.8, 4) is 0 Å². The van der Waals surface area contributed by atoms with E-state index in [4.69, 9.17) is 9.47 Å². The first-order valence-electron chi connectivity index (χ1n) is 10.4. The van der Waals surface area contributed by atoms with Crippen molar-refractivity contribution in [2.24, 2.45) is 10.4 Å². The van der Waals surface area contributed by atoms with Gasteiger partial charge in [0.25, 0.3) is 0 Å². The zero-order valence-electron chi connectivity index (χ0n) is 17.9. The van der Waals surface area contributed by atoms with E-state index in [-0.39, 0.29) is 24.2 Å². The van der Waals surface area contributed by atoms with Crippen LogP contribution in [0.2, 0.25) is 0 Å². The number of rotatable bonds is 6. The summed E-state index contributed by atoms with van der Waals surface area (Å²) >= 11 is 0. The molecule has 0 spiro atoms. The lowest BCUT2D eigenvalue weighted by Gasteiger charge is -2.37. The maximum atomic E-state index is 12.5. The van der Waals surface area contributed by atoms with Gasteiger partial charge in [-0.2, -0.15) is 0 Å². The predicted molar refractivity (Wildman–Crippen MR) is 110 cm³/mol. The molecule has 0 radical (unpaired) electrons. The van der Waals surface area contributed by atoms with Crippen molar-refractivity contribution in [3.63, 3.8) is 0 Å². The van der Waals surface area contributed by atoms with Gasteiger partial charge in [0, 0.05) is 45.3 Å². The molecule has 2 atom stereocenters. The molecule has 2 aliphatic heterocycles. The molecule has 0 aromatic carbocycles. The van der Waals surface area contributed by atoms with E-state index < -0.39 is 5.60 Å². The Bertz CT molecular complexity index is 527. The molecule has 8 nitrogen and oxygen atoms in total. The van der Waals surface area contributed by atoms with Crippen LogP contribution in [0.3, 0.4) is 0 Å². The van der Waals surface area contributed by atoms with Gasteiger partial charge in [0.15, 0.2) is 5.96 Å². The first kappa shape index (κ1) is 22.7. The molecule has 3 N–H and O–H groups in total. The fraction of sp³-hybridized carbons (Fsp3) is 0.900. The molecule has 0 bridgehead atoms. The second-order valence-corrected chi connectivity index (χ2v) is 8.91. The van der Waals surface area contributed by atoms with E-state index in [0.29, 0.717) is 32.1 Å². The van der Waals surface area contributed by atoms with Crippen LogP contribution < -0.4 is 10.6 Å². The number of hydrogen-bond donors (Lipinski definition) is 3. The normalized spacial score (nSPS) is 26.2. The summed E-state index contributed by atoms with van der Waals surface area (Å²) in [4.78, 5) is 18.7. The number of guanidine groups is 1. The van der Waals surface area contributed by atoms with E-state index in [1.54, 1.807) is 7.05 Å². The second kappa shape index (κ2) is 10.3. The number of ether oxygens (including phenoxy) is 2. The number of aliphatic hydroxyl groups is 1. The van der Waals surface area contributed by atoms with Crippen molar-refractivity contribution in [2.75, 3.05) is 46.5 Å². The molecule has 162 valence electrons. The van der Waals surface area contributed by atoms with Crippen molar-refractivity contribution in [1.29, 1.82) is 0 Å². The van der Waals surface area contributed by atoms with E-state index >= 15 is 0 Å². The average Bonchev–Trinajstić information content (AvgIpc) is 3.10. The number of nitrogens with one attached hydrogen (secondary N) is 2. The molecule has 2 saturated heterocycles. The first-order chi connectivity index (χ1) is 13.3. The summed E-state index contributed by atoms with van der Waals surface area (Å²) in [6.45, 7) is 9.28. The number of piperidine rings is 1. The molecule has 0 aliphatic carbocycles. The lowest BCUT2D eigenvalue weighted by atomic mass is 9.84. The highest BCUT2D eigenvalue weighted by Gasteiger charge is 2.35. The monoisotopic (exact) mass is 398 g/mol. The van der Waals surface area contributed by atoms with E-state index in [0.717, 1.165) is 38.8 Å². The van der Waals surface area contributed by atoms with Crippen LogP contribution >= 0.6 is 0 Å². The van der Waals surface area contributed by atoms with Gasteiger partial charge in [-0.15, -0.1) is 0 Å². The molecule has 8 heteroatoms. The average molecular weight is 399 g/mol. The largest absolute Gasteiger partial charge is 0.444 e. The number of nitrogens with zero attached hydrogens (tertiary/aromatic N) is 2. The summed E-state index contributed by atoms with van der Waals surface area (Å²) in [5.41, 5.74) is -0.533. The molecule has 2 heterocycles. The molecule has 2 unspecified atom stereocenters. The highest BCUT2D eigenvalue weighted by atomic mass is 16.6. The maximum Gasteiger partial charge on any atom is 0.410 e. The molecule has 2 rings (SSSR count). The van der Waals surface area contributed by atoms with Gasteiger partial charge in [-0.1, -0.05) is 0 Å². The lowest BCUT2D eigenvalue weighted by Crippen LogP contribution is -2.53. The number of hydrogen-bond acceptors (Lipinski definition) is 5. The van der Waals surface area contributed by atoms with Crippen molar-refractivity contribution in [3.05, 3.63) is 0 Å². The summed E-state index contributed by atoms with van der Waals surface area (Å²) < 4.78 is 11.1. The molecule has 0 saturated carbocycles. The molecule has 2 fully saturated rings. The fourth-order valence-electron chi connectivity index (χ4n) is 3.79. The summed E-state index contributed by atoms with van der Waals surface area (Å²) in [6, 6.07) is 0.0864. The Labute approximate surface area is 169 Å². The number of aliphatic imine (C=N–C) groups is 1. The van der Waals surface area contributed by atoms with Gasteiger partial charge in [0.1, 0.15) is 5.60 Å². The highest BCUT2D eigenvalue weighted by Crippen LogP contribution is 2.31. The Kier molecular flexibility index (Phi) is 8.37. The molecular formula is C20H38N4O4. The third-order valence-corrected chi connectivity index (χ3v) is 5.44. The van der Waals surface area contributed by atoms with Gasteiger partial charge in [0.2, 0.25) is 0 Å². The summed E-state index contributed by atoms with van der Waals surface area (Å²) in [5, 5.41) is 16.1. The minimum absolute atomic E-state index is 0.0419. The van der Waals surface area contributed by atoms with Crippen LogP contribution in [0.4, 0.5) is 4.79 Å². The summed E-state index contributed by atoms with van der Waals surface area (Å²) in [7, 11) is 1.74. The van der Waals surface area contributed by atoms with Gasteiger partial charge < -0.3 is 30.1 Å². The number of aliphatic hydroxyl groups excluding tert-OH is 1.